The lowest BCUT2D eigenvalue weighted by Gasteiger charge is -2.13. The summed E-state index contributed by atoms with van der Waals surface area (Å²) in [7, 11) is 3.36. The largest absolute Gasteiger partial charge is 0.376 e. The molecule has 27 heavy (non-hydrogen) atoms. The first kappa shape index (κ1) is 20.5. The molecule has 0 radical (unpaired) electrons. The van der Waals surface area contributed by atoms with Crippen LogP contribution in [0, 0.1) is 0 Å². The summed E-state index contributed by atoms with van der Waals surface area (Å²) in [6.45, 7) is 0.464. The van der Waals surface area contributed by atoms with Crippen LogP contribution in [0.25, 0.3) is 0 Å². The van der Waals surface area contributed by atoms with Gasteiger partial charge < -0.3 is 15.5 Å². The zero-order valence-corrected chi connectivity index (χ0v) is 16.0. The van der Waals surface area contributed by atoms with Crippen LogP contribution < -0.4 is 16.0 Å². The van der Waals surface area contributed by atoms with Gasteiger partial charge in [-0.25, -0.2) is 4.79 Å². The topological polar surface area (TPSA) is 90.5 Å². The van der Waals surface area contributed by atoms with Crippen molar-refractivity contribution in [3.8, 4) is 0 Å². The van der Waals surface area contributed by atoms with Crippen LogP contribution in [0.1, 0.15) is 42.5 Å². The number of carbonyl (C=O) groups excluding carboxylic acids is 3. The van der Waals surface area contributed by atoms with Gasteiger partial charge in [0, 0.05) is 31.9 Å². The van der Waals surface area contributed by atoms with E-state index in [2.05, 4.69) is 22.0 Å². The second-order valence-corrected chi connectivity index (χ2v) is 6.80. The highest BCUT2D eigenvalue weighted by atomic mass is 16.2. The number of anilines is 1. The van der Waals surface area contributed by atoms with E-state index in [1.165, 1.54) is 23.3 Å². The number of imide groups is 1. The number of nitrogens with one attached hydrogen (secondary N) is 3. The Bertz CT molecular complexity index is 713. The first-order valence-electron chi connectivity index (χ1n) is 9.27. The molecule has 3 N–H and O–H groups in total. The molecule has 146 valence electrons. The van der Waals surface area contributed by atoms with Crippen LogP contribution in [0.3, 0.4) is 0 Å². The summed E-state index contributed by atoms with van der Waals surface area (Å²) in [5.74, 6) is -0.552. The zero-order valence-electron chi connectivity index (χ0n) is 16.0. The fourth-order valence-electron chi connectivity index (χ4n) is 2.89. The molecule has 0 bridgehead atoms. The fraction of sp³-hybridized carbons (Fsp3) is 0.450. The molecule has 0 saturated heterocycles. The van der Waals surface area contributed by atoms with Gasteiger partial charge in [0.05, 0.1) is 6.54 Å². The highest BCUT2D eigenvalue weighted by molar-refractivity contribution is 5.97. The standard InChI is InChI=1S/C20H28N4O3/c1-24(2)19(26)16-9-6-10-17(13-16)22-14-18(25)23-20(27)21-12-11-15-7-4-3-5-8-15/h6-7,9-10,13,22H,3-5,8,11-12,14H2,1-2H3,(H2,21,23,25,27). The first-order valence-corrected chi connectivity index (χ1v) is 9.27. The normalized spacial score (nSPS) is 13.3. The summed E-state index contributed by atoms with van der Waals surface area (Å²) in [5.41, 5.74) is 2.55. The van der Waals surface area contributed by atoms with E-state index in [9.17, 15) is 14.4 Å². The molecular weight excluding hydrogens is 344 g/mol. The van der Waals surface area contributed by atoms with Crippen molar-refractivity contribution in [1.29, 1.82) is 0 Å². The minimum absolute atomic E-state index is 0.0574. The Labute approximate surface area is 160 Å². The Morgan fingerprint density at radius 3 is 2.67 bits per heavy atom. The van der Waals surface area contributed by atoms with Gasteiger partial charge in [-0.1, -0.05) is 17.7 Å². The van der Waals surface area contributed by atoms with Gasteiger partial charge in [-0.3, -0.25) is 14.9 Å². The van der Waals surface area contributed by atoms with Crippen LogP contribution >= 0.6 is 0 Å². The minimum Gasteiger partial charge on any atom is -0.376 e. The third-order valence-corrected chi connectivity index (χ3v) is 4.34. The molecule has 0 fully saturated rings. The quantitative estimate of drug-likeness (QED) is 0.642. The molecule has 0 heterocycles. The predicted octanol–water partition coefficient (Wildman–Crippen LogP) is 2.52. The molecule has 0 aromatic heterocycles. The van der Waals surface area contributed by atoms with Crippen LogP contribution in [0.15, 0.2) is 35.9 Å². The predicted molar refractivity (Wildman–Crippen MR) is 106 cm³/mol. The van der Waals surface area contributed by atoms with Gasteiger partial charge in [-0.15, -0.1) is 0 Å². The molecule has 2 rings (SSSR count). The second-order valence-electron chi connectivity index (χ2n) is 6.80. The number of allylic oxidation sites excluding steroid dienone is 1. The van der Waals surface area contributed by atoms with Crippen molar-refractivity contribution in [1.82, 2.24) is 15.5 Å². The van der Waals surface area contributed by atoms with Crippen LogP contribution in [0.4, 0.5) is 10.5 Å². The van der Waals surface area contributed by atoms with Crippen molar-refractivity contribution in [2.75, 3.05) is 32.5 Å². The zero-order chi connectivity index (χ0) is 19.6. The Morgan fingerprint density at radius 1 is 1.15 bits per heavy atom. The van der Waals surface area contributed by atoms with Gasteiger partial charge in [0.15, 0.2) is 0 Å². The van der Waals surface area contributed by atoms with E-state index in [0.29, 0.717) is 17.8 Å². The maximum Gasteiger partial charge on any atom is 0.321 e. The van der Waals surface area contributed by atoms with Gasteiger partial charge in [0.25, 0.3) is 5.91 Å². The van der Waals surface area contributed by atoms with E-state index in [0.717, 1.165) is 19.3 Å². The van der Waals surface area contributed by atoms with Crippen molar-refractivity contribution in [3.05, 3.63) is 41.5 Å². The minimum atomic E-state index is -0.491. The number of carbonyl (C=O) groups is 3. The maximum absolute atomic E-state index is 12.0. The highest BCUT2D eigenvalue weighted by Crippen LogP contribution is 2.19. The third kappa shape index (κ3) is 7.13. The van der Waals surface area contributed by atoms with Gasteiger partial charge >= 0.3 is 6.03 Å². The van der Waals surface area contributed by atoms with E-state index in [1.54, 1.807) is 38.4 Å². The maximum atomic E-state index is 12.0. The number of amides is 4. The molecule has 1 aromatic carbocycles. The van der Waals surface area contributed by atoms with Gasteiger partial charge in [-0.05, 0) is 50.3 Å². The molecule has 0 saturated carbocycles. The summed E-state index contributed by atoms with van der Waals surface area (Å²) in [6, 6.07) is 6.40. The molecule has 1 aromatic rings. The summed E-state index contributed by atoms with van der Waals surface area (Å²) in [6.07, 6.45) is 7.74. The smallest absolute Gasteiger partial charge is 0.321 e. The number of rotatable bonds is 7. The molecule has 4 amide bonds. The van der Waals surface area contributed by atoms with E-state index < -0.39 is 11.9 Å². The van der Waals surface area contributed by atoms with Gasteiger partial charge in [-0.2, -0.15) is 0 Å². The van der Waals surface area contributed by atoms with E-state index in [-0.39, 0.29) is 12.5 Å². The Morgan fingerprint density at radius 2 is 1.96 bits per heavy atom. The van der Waals surface area contributed by atoms with Crippen LogP contribution in [-0.4, -0.2) is 49.9 Å². The van der Waals surface area contributed by atoms with E-state index in [1.807, 2.05) is 0 Å². The third-order valence-electron chi connectivity index (χ3n) is 4.34. The lowest BCUT2D eigenvalue weighted by molar-refractivity contribution is -0.118. The van der Waals surface area contributed by atoms with E-state index in [4.69, 9.17) is 0 Å². The monoisotopic (exact) mass is 372 g/mol. The summed E-state index contributed by atoms with van der Waals surface area (Å²) in [5, 5.41) is 7.92. The molecule has 0 atom stereocenters. The summed E-state index contributed by atoms with van der Waals surface area (Å²) in [4.78, 5) is 37.1. The molecule has 1 aliphatic carbocycles. The number of hydrogen-bond donors (Lipinski definition) is 3. The lowest BCUT2D eigenvalue weighted by atomic mass is 9.97. The molecular formula is C20H28N4O3. The van der Waals surface area contributed by atoms with Crippen molar-refractivity contribution in [2.45, 2.75) is 32.1 Å². The van der Waals surface area contributed by atoms with Crippen molar-refractivity contribution >= 4 is 23.5 Å². The molecule has 7 nitrogen and oxygen atoms in total. The van der Waals surface area contributed by atoms with Gasteiger partial charge in [0.2, 0.25) is 5.91 Å². The molecule has 7 heteroatoms. The lowest BCUT2D eigenvalue weighted by Crippen LogP contribution is -2.42. The summed E-state index contributed by atoms with van der Waals surface area (Å²) < 4.78 is 0. The summed E-state index contributed by atoms with van der Waals surface area (Å²) >= 11 is 0. The van der Waals surface area contributed by atoms with Crippen LogP contribution in [-0.2, 0) is 4.79 Å². The van der Waals surface area contributed by atoms with Crippen molar-refractivity contribution in [2.24, 2.45) is 0 Å². The number of nitrogens with zero attached hydrogens (tertiary/aromatic N) is 1. The van der Waals surface area contributed by atoms with Crippen LogP contribution in [0.5, 0.6) is 0 Å². The molecule has 1 aliphatic rings. The second kappa shape index (κ2) is 10.4. The number of benzene rings is 1. The Hall–Kier alpha value is -2.83. The molecule has 0 spiro atoms. The Balaban J connectivity index is 1.71. The SMILES string of the molecule is CN(C)C(=O)c1cccc(NCC(=O)NC(=O)NCCC2=CCCCC2)c1. The first-order chi connectivity index (χ1) is 13.0. The van der Waals surface area contributed by atoms with Crippen molar-refractivity contribution < 1.29 is 14.4 Å². The van der Waals surface area contributed by atoms with Crippen LogP contribution in [0.2, 0.25) is 0 Å². The number of hydrogen-bond acceptors (Lipinski definition) is 4. The van der Waals surface area contributed by atoms with Gasteiger partial charge in [0.1, 0.15) is 0 Å². The average molecular weight is 372 g/mol. The molecule has 0 aliphatic heterocycles. The average Bonchev–Trinajstić information content (AvgIpc) is 2.66. The van der Waals surface area contributed by atoms with E-state index >= 15 is 0 Å². The highest BCUT2D eigenvalue weighted by Gasteiger charge is 2.10. The fourth-order valence-corrected chi connectivity index (χ4v) is 2.89. The Kier molecular flexibility index (Phi) is 7.85. The number of urea groups is 1. The molecule has 0 unspecified atom stereocenters. The van der Waals surface area contributed by atoms with Crippen molar-refractivity contribution in [3.63, 3.8) is 0 Å².